The summed E-state index contributed by atoms with van der Waals surface area (Å²) in [4.78, 5) is 39.7. The Bertz CT molecular complexity index is 803. The molecular formula is C20H27N3O6. The molecule has 0 radical (unpaired) electrons. The predicted molar refractivity (Wildman–Crippen MR) is 106 cm³/mol. The fraction of sp³-hybridized carbons (Fsp3) is 0.550. The number of carbonyl (C=O) groups excluding carboxylic acids is 2. The van der Waals surface area contributed by atoms with E-state index in [1.54, 1.807) is 49.9 Å². The molecule has 1 aromatic rings. The van der Waals surface area contributed by atoms with Crippen molar-refractivity contribution in [3.05, 3.63) is 24.3 Å². The second kappa shape index (κ2) is 7.64. The van der Waals surface area contributed by atoms with E-state index < -0.39 is 29.1 Å². The standard InChI is InChI=1S/C20H27N3O6/c1-19(2,3)20(10-15(24)11-23(20)18(27)28)17(26)21-13-4-6-14(7-5-13)22-8-9-29-12-16(22)25/h4-7,15,24H,8-12H2,1-3H3,(H,21,26)(H,27,28)/t15-,20+/m1/s1. The highest BCUT2D eigenvalue weighted by Crippen LogP contribution is 2.44. The van der Waals surface area contributed by atoms with E-state index in [4.69, 9.17) is 4.74 Å². The van der Waals surface area contributed by atoms with E-state index >= 15 is 0 Å². The highest BCUT2D eigenvalue weighted by molar-refractivity contribution is 6.01. The molecule has 2 aliphatic heterocycles. The van der Waals surface area contributed by atoms with Crippen molar-refractivity contribution in [1.29, 1.82) is 0 Å². The number of benzene rings is 1. The minimum absolute atomic E-state index is 0.0228. The van der Waals surface area contributed by atoms with Gasteiger partial charge in [0.05, 0.1) is 19.3 Å². The van der Waals surface area contributed by atoms with Gasteiger partial charge in [-0.1, -0.05) is 20.8 Å². The van der Waals surface area contributed by atoms with Gasteiger partial charge in [0, 0.05) is 24.3 Å². The van der Waals surface area contributed by atoms with Crippen LogP contribution in [0, 0.1) is 5.41 Å². The molecule has 3 rings (SSSR count). The SMILES string of the molecule is CC(C)(C)[C@@]1(C(=O)Nc2ccc(N3CCOCC3=O)cc2)C[C@@H](O)CN1C(=O)O. The Balaban J connectivity index is 1.83. The minimum Gasteiger partial charge on any atom is -0.465 e. The zero-order chi connectivity index (χ0) is 21.4. The number of aliphatic hydroxyl groups excluding tert-OH is 1. The average molecular weight is 405 g/mol. The van der Waals surface area contributed by atoms with Crippen LogP contribution >= 0.6 is 0 Å². The van der Waals surface area contributed by atoms with E-state index in [9.17, 15) is 24.6 Å². The van der Waals surface area contributed by atoms with Crippen LogP contribution in [0.3, 0.4) is 0 Å². The van der Waals surface area contributed by atoms with Gasteiger partial charge < -0.3 is 25.2 Å². The zero-order valence-electron chi connectivity index (χ0n) is 16.8. The molecule has 0 saturated carbocycles. The Morgan fingerprint density at radius 2 is 1.90 bits per heavy atom. The maximum absolute atomic E-state index is 13.3. The molecule has 0 aromatic heterocycles. The molecule has 9 nitrogen and oxygen atoms in total. The number of carboxylic acid groups (broad SMARTS) is 1. The third kappa shape index (κ3) is 3.79. The summed E-state index contributed by atoms with van der Waals surface area (Å²) in [7, 11) is 0. The van der Waals surface area contributed by atoms with Crippen LogP contribution in [0.5, 0.6) is 0 Å². The van der Waals surface area contributed by atoms with Crippen LogP contribution in [0.2, 0.25) is 0 Å². The van der Waals surface area contributed by atoms with Crippen molar-refractivity contribution in [2.24, 2.45) is 5.41 Å². The number of amides is 3. The first-order chi connectivity index (χ1) is 13.6. The normalized spacial score (nSPS) is 25.2. The first-order valence-electron chi connectivity index (χ1n) is 9.54. The molecule has 2 fully saturated rings. The van der Waals surface area contributed by atoms with Gasteiger partial charge in [0.2, 0.25) is 0 Å². The lowest BCUT2D eigenvalue weighted by molar-refractivity contribution is -0.132. The Kier molecular flexibility index (Phi) is 5.55. The molecule has 0 bridgehead atoms. The molecule has 2 atom stereocenters. The monoisotopic (exact) mass is 405 g/mol. The van der Waals surface area contributed by atoms with E-state index in [1.807, 2.05) is 0 Å². The Hall–Kier alpha value is -2.65. The lowest BCUT2D eigenvalue weighted by atomic mass is 9.70. The number of nitrogens with one attached hydrogen (secondary N) is 1. The number of β-amino-alcohol motifs (C(OH)–C–C–N with tert-alkyl or cyclic N) is 1. The van der Waals surface area contributed by atoms with Crippen LogP contribution in [0.1, 0.15) is 27.2 Å². The molecule has 3 N–H and O–H groups in total. The maximum Gasteiger partial charge on any atom is 0.408 e. The van der Waals surface area contributed by atoms with Crippen LogP contribution in [0.15, 0.2) is 24.3 Å². The van der Waals surface area contributed by atoms with Crippen LogP contribution in [0.25, 0.3) is 0 Å². The van der Waals surface area contributed by atoms with Gasteiger partial charge in [0.15, 0.2) is 0 Å². The maximum atomic E-state index is 13.3. The predicted octanol–water partition coefficient (Wildman–Crippen LogP) is 1.52. The number of ether oxygens (including phenoxy) is 1. The van der Waals surface area contributed by atoms with E-state index in [0.29, 0.717) is 24.5 Å². The first-order valence-corrected chi connectivity index (χ1v) is 9.54. The first kappa shape index (κ1) is 21.1. The Morgan fingerprint density at radius 1 is 1.24 bits per heavy atom. The molecule has 0 unspecified atom stereocenters. The van der Waals surface area contributed by atoms with Crippen LogP contribution in [0.4, 0.5) is 16.2 Å². The van der Waals surface area contributed by atoms with Gasteiger partial charge in [-0.05, 0) is 29.7 Å². The van der Waals surface area contributed by atoms with Gasteiger partial charge in [-0.15, -0.1) is 0 Å². The molecule has 29 heavy (non-hydrogen) atoms. The summed E-state index contributed by atoms with van der Waals surface area (Å²) in [6.45, 7) is 6.21. The molecule has 158 valence electrons. The van der Waals surface area contributed by atoms with Crippen molar-refractivity contribution in [1.82, 2.24) is 4.90 Å². The second-order valence-electron chi connectivity index (χ2n) is 8.46. The number of rotatable bonds is 3. The van der Waals surface area contributed by atoms with Crippen LogP contribution in [-0.4, -0.2) is 71.0 Å². The van der Waals surface area contributed by atoms with Crippen molar-refractivity contribution >= 4 is 29.3 Å². The molecular weight excluding hydrogens is 378 g/mol. The fourth-order valence-corrected chi connectivity index (χ4v) is 4.14. The summed E-state index contributed by atoms with van der Waals surface area (Å²) >= 11 is 0. The van der Waals surface area contributed by atoms with Gasteiger partial charge in [0.1, 0.15) is 12.1 Å². The number of likely N-dealkylation sites (tertiary alicyclic amines) is 1. The van der Waals surface area contributed by atoms with Gasteiger partial charge >= 0.3 is 6.09 Å². The van der Waals surface area contributed by atoms with E-state index in [2.05, 4.69) is 5.32 Å². The molecule has 0 spiro atoms. The summed E-state index contributed by atoms with van der Waals surface area (Å²) in [5.41, 5.74) is -0.968. The van der Waals surface area contributed by atoms with Gasteiger partial charge in [-0.3, -0.25) is 14.5 Å². The number of hydrogen-bond donors (Lipinski definition) is 3. The lowest BCUT2D eigenvalue weighted by Gasteiger charge is -2.45. The van der Waals surface area contributed by atoms with Crippen molar-refractivity contribution in [3.63, 3.8) is 0 Å². The summed E-state index contributed by atoms with van der Waals surface area (Å²) in [6, 6.07) is 6.79. The average Bonchev–Trinajstić information content (AvgIpc) is 3.02. The van der Waals surface area contributed by atoms with E-state index in [0.717, 1.165) is 4.90 Å². The Morgan fingerprint density at radius 3 is 2.45 bits per heavy atom. The van der Waals surface area contributed by atoms with Gasteiger partial charge in [0.25, 0.3) is 11.8 Å². The number of morpholine rings is 1. The van der Waals surface area contributed by atoms with E-state index in [-0.39, 0.29) is 25.5 Å². The van der Waals surface area contributed by atoms with E-state index in [1.165, 1.54) is 0 Å². The van der Waals surface area contributed by atoms with Crippen molar-refractivity contribution in [2.45, 2.75) is 38.8 Å². The topological polar surface area (TPSA) is 119 Å². The second-order valence-corrected chi connectivity index (χ2v) is 8.46. The zero-order valence-corrected chi connectivity index (χ0v) is 16.8. The summed E-state index contributed by atoms with van der Waals surface area (Å²) in [5.74, 6) is -0.615. The van der Waals surface area contributed by atoms with Crippen molar-refractivity contribution < 1.29 is 29.3 Å². The number of anilines is 2. The molecule has 2 aliphatic rings. The molecule has 3 amide bonds. The number of aliphatic hydroxyl groups is 1. The number of hydrogen-bond acceptors (Lipinski definition) is 5. The molecule has 2 heterocycles. The van der Waals surface area contributed by atoms with Gasteiger partial charge in [-0.25, -0.2) is 4.79 Å². The van der Waals surface area contributed by atoms with Gasteiger partial charge in [-0.2, -0.15) is 0 Å². The molecule has 1 aromatic carbocycles. The molecule has 0 aliphatic carbocycles. The highest BCUT2D eigenvalue weighted by Gasteiger charge is 2.59. The number of nitrogens with zero attached hydrogens (tertiary/aromatic N) is 2. The lowest BCUT2D eigenvalue weighted by Crippen LogP contribution is -2.62. The van der Waals surface area contributed by atoms with Crippen molar-refractivity contribution in [2.75, 3.05) is 36.5 Å². The summed E-state index contributed by atoms with van der Waals surface area (Å²) < 4.78 is 5.13. The number of carbonyl (C=O) groups is 3. The smallest absolute Gasteiger partial charge is 0.408 e. The van der Waals surface area contributed by atoms with Crippen LogP contribution < -0.4 is 10.2 Å². The summed E-state index contributed by atoms with van der Waals surface area (Å²) in [5, 5.41) is 22.6. The highest BCUT2D eigenvalue weighted by atomic mass is 16.5. The Labute approximate surface area is 169 Å². The van der Waals surface area contributed by atoms with Crippen molar-refractivity contribution in [3.8, 4) is 0 Å². The third-order valence-corrected chi connectivity index (χ3v) is 5.66. The summed E-state index contributed by atoms with van der Waals surface area (Å²) in [6.07, 6.45) is -2.13. The molecule has 9 heteroatoms. The van der Waals surface area contributed by atoms with Crippen LogP contribution in [-0.2, 0) is 14.3 Å². The quantitative estimate of drug-likeness (QED) is 0.701. The fourth-order valence-electron chi connectivity index (χ4n) is 4.14. The largest absolute Gasteiger partial charge is 0.465 e. The minimum atomic E-state index is -1.41. The molecule has 2 saturated heterocycles. The third-order valence-electron chi connectivity index (χ3n) is 5.66.